The fourth-order valence-electron chi connectivity index (χ4n) is 6.36. The third-order valence-electron chi connectivity index (χ3n) is 8.16. The number of benzene rings is 1. The lowest BCUT2D eigenvalue weighted by Crippen LogP contribution is -2.65. The summed E-state index contributed by atoms with van der Waals surface area (Å²) in [5, 5.41) is 0. The molecule has 4 heterocycles. The number of likely N-dealkylation sites (tertiary alicyclic amines) is 1. The summed E-state index contributed by atoms with van der Waals surface area (Å²) in [6.45, 7) is 9.28. The topological polar surface area (TPSA) is 82.1 Å². The van der Waals surface area contributed by atoms with Crippen LogP contribution in [0, 0.1) is 5.41 Å². The van der Waals surface area contributed by atoms with Gasteiger partial charge in [0.2, 0.25) is 11.9 Å². The minimum absolute atomic E-state index is 0.0133. The van der Waals surface area contributed by atoms with Gasteiger partial charge in [-0.25, -0.2) is 14.8 Å². The molecule has 1 spiro atoms. The molecule has 3 aliphatic heterocycles. The average Bonchev–Trinajstić information content (AvgIpc) is 2.81. The van der Waals surface area contributed by atoms with Gasteiger partial charge in [0.25, 0.3) is 0 Å². The first-order valence-electron chi connectivity index (χ1n) is 13.0. The van der Waals surface area contributed by atoms with Gasteiger partial charge in [0.05, 0.1) is 30.2 Å². The van der Waals surface area contributed by atoms with E-state index in [1.807, 2.05) is 18.7 Å². The summed E-state index contributed by atoms with van der Waals surface area (Å²) in [7, 11) is 0. The number of ether oxygens (including phenoxy) is 1. The first-order chi connectivity index (χ1) is 17.4. The number of hydrogen-bond acceptors (Lipinski definition) is 7. The van der Waals surface area contributed by atoms with Gasteiger partial charge in [0.1, 0.15) is 6.10 Å². The van der Waals surface area contributed by atoms with E-state index in [4.69, 9.17) is 4.74 Å². The van der Waals surface area contributed by atoms with Crippen LogP contribution < -0.4 is 9.80 Å². The largest absolute Gasteiger partial charge is 0.446 e. The molecule has 36 heavy (non-hydrogen) atoms. The summed E-state index contributed by atoms with van der Waals surface area (Å²) in [6, 6.07) is 10.6. The number of carbonyl (C=O) groups is 2. The zero-order valence-corrected chi connectivity index (χ0v) is 21.0. The molecule has 0 unspecified atom stereocenters. The van der Waals surface area contributed by atoms with E-state index in [9.17, 15) is 9.59 Å². The van der Waals surface area contributed by atoms with Crippen molar-refractivity contribution in [1.82, 2.24) is 19.8 Å². The van der Waals surface area contributed by atoms with Crippen molar-refractivity contribution in [3.8, 4) is 0 Å². The Morgan fingerprint density at radius 2 is 1.72 bits per heavy atom. The summed E-state index contributed by atoms with van der Waals surface area (Å²) in [6.07, 6.45) is 5.76. The van der Waals surface area contributed by atoms with E-state index in [0.717, 1.165) is 44.7 Å². The number of β-lactam (4-membered cyclic amide) rings is 1. The lowest BCUT2D eigenvalue weighted by atomic mass is 9.61. The Balaban J connectivity index is 0.975. The van der Waals surface area contributed by atoms with E-state index in [-0.39, 0.29) is 30.2 Å². The van der Waals surface area contributed by atoms with Gasteiger partial charge >= 0.3 is 6.09 Å². The second kappa shape index (κ2) is 9.03. The molecule has 0 N–H and O–H groups in total. The van der Waals surface area contributed by atoms with Gasteiger partial charge in [-0.05, 0) is 32.3 Å². The summed E-state index contributed by atoms with van der Waals surface area (Å²) in [5.41, 5.74) is 2.43. The Bertz CT molecular complexity index is 1100. The van der Waals surface area contributed by atoms with Crippen LogP contribution in [0.25, 0.3) is 0 Å². The molecule has 4 aliphatic rings. The highest BCUT2D eigenvalue weighted by Gasteiger charge is 2.54. The third-order valence-corrected chi connectivity index (χ3v) is 8.16. The Hall–Kier alpha value is -3.20. The van der Waals surface area contributed by atoms with Gasteiger partial charge in [-0.3, -0.25) is 14.6 Å². The number of aromatic nitrogens is 2. The Morgan fingerprint density at radius 1 is 1.06 bits per heavy atom. The predicted molar refractivity (Wildman–Crippen MR) is 136 cm³/mol. The molecule has 0 bridgehead atoms. The van der Waals surface area contributed by atoms with Crippen LogP contribution in [0.2, 0.25) is 0 Å². The number of rotatable bonds is 5. The minimum Gasteiger partial charge on any atom is -0.446 e. The van der Waals surface area contributed by atoms with Crippen molar-refractivity contribution in [2.45, 2.75) is 57.8 Å². The molecule has 190 valence electrons. The van der Waals surface area contributed by atoms with E-state index in [2.05, 4.69) is 50.1 Å². The second-order valence-corrected chi connectivity index (χ2v) is 11.1. The maximum Gasteiger partial charge on any atom is 0.410 e. The molecule has 1 saturated carbocycles. The standard InChI is InChI=1S/C27H34N6O3/c1-19-14-31(25-28-12-22(13-29-25)32-9-8-24(32)34)15-20(2)33(19)26(35)36-23-10-27(11-23)17-30(18-27)16-21-6-4-3-5-7-21/h3-7,12-13,19-20,23H,8-11,14-18H2,1-2H3/t19-,20+. The summed E-state index contributed by atoms with van der Waals surface area (Å²) < 4.78 is 5.94. The van der Waals surface area contributed by atoms with E-state index in [1.54, 1.807) is 17.3 Å². The molecule has 9 nitrogen and oxygen atoms in total. The lowest BCUT2D eigenvalue weighted by Gasteiger charge is -2.58. The molecule has 2 atom stereocenters. The van der Waals surface area contributed by atoms with Crippen LogP contribution in [-0.2, 0) is 16.1 Å². The van der Waals surface area contributed by atoms with E-state index < -0.39 is 0 Å². The van der Waals surface area contributed by atoms with Crippen molar-refractivity contribution in [2.75, 3.05) is 42.5 Å². The summed E-state index contributed by atoms with van der Waals surface area (Å²) in [5.74, 6) is 0.740. The normalized spacial score (nSPS) is 25.8. The highest BCUT2D eigenvalue weighted by atomic mass is 16.6. The van der Waals surface area contributed by atoms with Crippen molar-refractivity contribution < 1.29 is 14.3 Å². The number of amides is 2. The molecule has 6 rings (SSSR count). The van der Waals surface area contributed by atoms with Crippen LogP contribution in [-0.4, -0.2) is 82.7 Å². The van der Waals surface area contributed by atoms with Crippen molar-refractivity contribution in [1.29, 1.82) is 0 Å². The van der Waals surface area contributed by atoms with Crippen molar-refractivity contribution in [3.63, 3.8) is 0 Å². The van der Waals surface area contributed by atoms with Crippen molar-refractivity contribution >= 4 is 23.6 Å². The quantitative estimate of drug-likeness (QED) is 0.596. The first-order valence-corrected chi connectivity index (χ1v) is 13.0. The van der Waals surface area contributed by atoms with E-state index >= 15 is 0 Å². The number of carbonyl (C=O) groups excluding carboxylic acids is 2. The third kappa shape index (κ3) is 4.30. The molecule has 0 radical (unpaired) electrons. The van der Waals surface area contributed by atoms with Gasteiger partial charge in [-0.15, -0.1) is 0 Å². The molecule has 4 fully saturated rings. The maximum absolute atomic E-state index is 13.1. The average molecular weight is 491 g/mol. The summed E-state index contributed by atoms with van der Waals surface area (Å²) >= 11 is 0. The Kier molecular flexibility index (Phi) is 5.82. The zero-order valence-electron chi connectivity index (χ0n) is 21.0. The fourth-order valence-corrected chi connectivity index (χ4v) is 6.36. The van der Waals surface area contributed by atoms with Gasteiger partial charge in [-0.2, -0.15) is 0 Å². The van der Waals surface area contributed by atoms with Crippen LogP contribution in [0.1, 0.15) is 38.7 Å². The number of hydrogen-bond donors (Lipinski definition) is 0. The number of piperazine rings is 1. The molecule has 2 aromatic rings. The first kappa shape index (κ1) is 23.2. The molecular weight excluding hydrogens is 456 g/mol. The van der Waals surface area contributed by atoms with Crippen LogP contribution in [0.4, 0.5) is 16.4 Å². The van der Waals surface area contributed by atoms with E-state index in [1.165, 1.54) is 5.56 Å². The lowest BCUT2D eigenvalue weighted by molar-refractivity contribution is -0.137. The smallest absolute Gasteiger partial charge is 0.410 e. The molecule has 1 aliphatic carbocycles. The number of anilines is 2. The predicted octanol–water partition coefficient (Wildman–Crippen LogP) is 2.91. The Morgan fingerprint density at radius 3 is 2.31 bits per heavy atom. The SMILES string of the molecule is C[C@@H]1CN(c2ncc(N3CCC3=O)cn2)C[C@H](C)N1C(=O)OC1CC2(C1)CN(Cc1ccccc1)C2. The maximum atomic E-state index is 13.1. The van der Waals surface area contributed by atoms with Gasteiger partial charge in [0, 0.05) is 51.1 Å². The molecular formula is C27H34N6O3. The van der Waals surface area contributed by atoms with Crippen molar-refractivity contribution in [3.05, 3.63) is 48.3 Å². The zero-order chi connectivity index (χ0) is 24.9. The molecule has 1 aromatic carbocycles. The Labute approximate surface area is 212 Å². The van der Waals surface area contributed by atoms with E-state index in [0.29, 0.717) is 30.9 Å². The van der Waals surface area contributed by atoms with Crippen LogP contribution in [0.5, 0.6) is 0 Å². The van der Waals surface area contributed by atoms with Gasteiger partial charge in [-0.1, -0.05) is 30.3 Å². The molecule has 9 heteroatoms. The van der Waals surface area contributed by atoms with Crippen LogP contribution in [0.15, 0.2) is 42.7 Å². The monoisotopic (exact) mass is 490 g/mol. The minimum atomic E-state index is -0.206. The van der Waals surface area contributed by atoms with Crippen LogP contribution >= 0.6 is 0 Å². The van der Waals surface area contributed by atoms with Crippen molar-refractivity contribution in [2.24, 2.45) is 5.41 Å². The molecule has 1 aromatic heterocycles. The molecule has 2 amide bonds. The van der Waals surface area contributed by atoms with Gasteiger partial charge in [0.15, 0.2) is 0 Å². The molecule has 3 saturated heterocycles. The van der Waals surface area contributed by atoms with Crippen LogP contribution in [0.3, 0.4) is 0 Å². The second-order valence-electron chi connectivity index (χ2n) is 11.1. The van der Waals surface area contributed by atoms with Gasteiger partial charge < -0.3 is 14.5 Å². The highest BCUT2D eigenvalue weighted by Crippen LogP contribution is 2.50. The summed E-state index contributed by atoms with van der Waals surface area (Å²) in [4.78, 5) is 41.9. The fraction of sp³-hybridized carbons (Fsp3) is 0.556. The highest BCUT2D eigenvalue weighted by molar-refractivity contribution is 5.99. The number of nitrogens with zero attached hydrogens (tertiary/aromatic N) is 6.